The lowest BCUT2D eigenvalue weighted by molar-refractivity contribution is 0.0999. The lowest BCUT2D eigenvalue weighted by Crippen LogP contribution is -2.15. The predicted octanol–water partition coefficient (Wildman–Crippen LogP) is 1.27. The molecule has 3 rings (SSSR count). The molecule has 0 atom stereocenters. The second-order valence-corrected chi connectivity index (χ2v) is 4.14. The van der Waals surface area contributed by atoms with Crippen molar-refractivity contribution in [1.29, 1.82) is 0 Å². The molecular formula is C13H12N4O. The van der Waals surface area contributed by atoms with Crippen molar-refractivity contribution in [3.8, 4) is 0 Å². The molecule has 0 saturated heterocycles. The molecule has 18 heavy (non-hydrogen) atoms. The highest BCUT2D eigenvalue weighted by Crippen LogP contribution is 2.34. The number of anilines is 2. The Labute approximate surface area is 104 Å². The Balaban J connectivity index is 2.08. The molecule has 0 bridgehead atoms. The van der Waals surface area contributed by atoms with Crippen LogP contribution in [0.4, 0.5) is 11.5 Å². The SMILES string of the molecule is NC(=O)c1cccc2c1CCN2c1ccncn1. The van der Waals surface area contributed by atoms with E-state index in [4.69, 9.17) is 5.73 Å². The van der Waals surface area contributed by atoms with E-state index in [1.54, 1.807) is 12.3 Å². The normalized spacial score (nSPS) is 13.4. The smallest absolute Gasteiger partial charge is 0.249 e. The first kappa shape index (κ1) is 10.7. The zero-order chi connectivity index (χ0) is 12.5. The molecule has 90 valence electrons. The van der Waals surface area contributed by atoms with Gasteiger partial charge in [0.1, 0.15) is 12.1 Å². The van der Waals surface area contributed by atoms with Crippen LogP contribution in [0.25, 0.3) is 0 Å². The Morgan fingerprint density at radius 1 is 1.33 bits per heavy atom. The highest BCUT2D eigenvalue weighted by molar-refractivity contribution is 5.96. The maximum Gasteiger partial charge on any atom is 0.249 e. The monoisotopic (exact) mass is 240 g/mol. The van der Waals surface area contributed by atoms with Crippen molar-refractivity contribution >= 4 is 17.4 Å². The van der Waals surface area contributed by atoms with Crippen LogP contribution in [0.1, 0.15) is 15.9 Å². The van der Waals surface area contributed by atoms with E-state index in [1.165, 1.54) is 6.33 Å². The van der Waals surface area contributed by atoms with E-state index < -0.39 is 0 Å². The number of benzene rings is 1. The van der Waals surface area contributed by atoms with Crippen LogP contribution in [0.5, 0.6) is 0 Å². The molecule has 1 aliphatic rings. The van der Waals surface area contributed by atoms with Gasteiger partial charge in [-0.1, -0.05) is 6.07 Å². The third-order valence-corrected chi connectivity index (χ3v) is 3.14. The van der Waals surface area contributed by atoms with Crippen molar-refractivity contribution in [3.63, 3.8) is 0 Å². The van der Waals surface area contributed by atoms with E-state index in [0.717, 1.165) is 30.0 Å². The van der Waals surface area contributed by atoms with Crippen molar-refractivity contribution in [3.05, 3.63) is 47.9 Å². The second-order valence-electron chi connectivity index (χ2n) is 4.14. The fourth-order valence-electron chi connectivity index (χ4n) is 2.35. The third-order valence-electron chi connectivity index (χ3n) is 3.14. The minimum atomic E-state index is -0.378. The summed E-state index contributed by atoms with van der Waals surface area (Å²) in [4.78, 5) is 21.6. The van der Waals surface area contributed by atoms with E-state index in [-0.39, 0.29) is 5.91 Å². The van der Waals surface area contributed by atoms with Gasteiger partial charge in [-0.3, -0.25) is 4.79 Å². The number of nitrogens with two attached hydrogens (primary N) is 1. The van der Waals surface area contributed by atoms with Gasteiger partial charge in [0.2, 0.25) is 5.91 Å². The first-order chi connectivity index (χ1) is 8.77. The molecule has 0 fully saturated rings. The minimum Gasteiger partial charge on any atom is -0.366 e. The lowest BCUT2D eigenvalue weighted by atomic mass is 10.0. The Hall–Kier alpha value is -2.43. The number of aromatic nitrogens is 2. The summed E-state index contributed by atoms with van der Waals surface area (Å²) in [5.41, 5.74) is 8.00. The average Bonchev–Trinajstić information content (AvgIpc) is 2.83. The summed E-state index contributed by atoms with van der Waals surface area (Å²) in [5.74, 6) is 0.460. The zero-order valence-electron chi connectivity index (χ0n) is 9.71. The van der Waals surface area contributed by atoms with Gasteiger partial charge in [-0.15, -0.1) is 0 Å². The van der Waals surface area contributed by atoms with Crippen molar-refractivity contribution in [2.75, 3.05) is 11.4 Å². The molecule has 5 heteroatoms. The maximum atomic E-state index is 11.4. The number of nitrogens with zero attached hydrogens (tertiary/aromatic N) is 3. The van der Waals surface area contributed by atoms with E-state index in [0.29, 0.717) is 5.56 Å². The first-order valence-corrected chi connectivity index (χ1v) is 5.72. The quantitative estimate of drug-likeness (QED) is 0.858. The first-order valence-electron chi connectivity index (χ1n) is 5.72. The molecule has 0 radical (unpaired) electrons. The van der Waals surface area contributed by atoms with Gasteiger partial charge in [0, 0.05) is 24.0 Å². The maximum absolute atomic E-state index is 11.4. The number of hydrogen-bond acceptors (Lipinski definition) is 4. The van der Waals surface area contributed by atoms with Crippen molar-refractivity contribution in [1.82, 2.24) is 9.97 Å². The molecular weight excluding hydrogens is 228 g/mol. The van der Waals surface area contributed by atoms with Crippen molar-refractivity contribution in [2.45, 2.75) is 6.42 Å². The molecule has 1 aliphatic heterocycles. The Bertz CT molecular complexity index is 597. The molecule has 0 saturated carbocycles. The van der Waals surface area contributed by atoms with Crippen LogP contribution >= 0.6 is 0 Å². The molecule has 1 aromatic carbocycles. The van der Waals surface area contributed by atoms with Gasteiger partial charge in [0.25, 0.3) is 0 Å². The van der Waals surface area contributed by atoms with Crippen molar-refractivity contribution < 1.29 is 4.79 Å². The number of carbonyl (C=O) groups excluding carboxylic acids is 1. The Morgan fingerprint density at radius 3 is 2.94 bits per heavy atom. The summed E-state index contributed by atoms with van der Waals surface area (Å²) in [6.07, 6.45) is 4.03. The molecule has 2 N–H and O–H groups in total. The molecule has 2 aromatic rings. The van der Waals surface area contributed by atoms with Crippen LogP contribution in [-0.4, -0.2) is 22.4 Å². The average molecular weight is 240 g/mol. The van der Waals surface area contributed by atoms with E-state index in [2.05, 4.69) is 14.9 Å². The van der Waals surface area contributed by atoms with Gasteiger partial charge in [0.15, 0.2) is 0 Å². The summed E-state index contributed by atoms with van der Waals surface area (Å²) in [5, 5.41) is 0. The molecule has 0 spiro atoms. The van der Waals surface area contributed by atoms with Gasteiger partial charge in [-0.05, 0) is 30.2 Å². The van der Waals surface area contributed by atoms with Crippen LogP contribution < -0.4 is 10.6 Å². The molecule has 5 nitrogen and oxygen atoms in total. The molecule has 2 heterocycles. The van der Waals surface area contributed by atoms with E-state index in [9.17, 15) is 4.79 Å². The minimum absolute atomic E-state index is 0.378. The van der Waals surface area contributed by atoms with Crippen LogP contribution in [0.3, 0.4) is 0 Å². The van der Waals surface area contributed by atoms with Gasteiger partial charge >= 0.3 is 0 Å². The summed E-state index contributed by atoms with van der Waals surface area (Å²) >= 11 is 0. The molecule has 1 aromatic heterocycles. The van der Waals surface area contributed by atoms with Gasteiger partial charge < -0.3 is 10.6 Å². The number of hydrogen-bond donors (Lipinski definition) is 1. The van der Waals surface area contributed by atoms with Crippen LogP contribution in [0.2, 0.25) is 0 Å². The van der Waals surface area contributed by atoms with E-state index >= 15 is 0 Å². The Kier molecular flexibility index (Phi) is 2.44. The fraction of sp³-hybridized carbons (Fsp3) is 0.154. The highest BCUT2D eigenvalue weighted by atomic mass is 16.1. The van der Waals surface area contributed by atoms with Gasteiger partial charge in [-0.2, -0.15) is 0 Å². The largest absolute Gasteiger partial charge is 0.366 e. The zero-order valence-corrected chi connectivity index (χ0v) is 9.71. The third kappa shape index (κ3) is 1.60. The number of amides is 1. The highest BCUT2D eigenvalue weighted by Gasteiger charge is 2.24. The van der Waals surface area contributed by atoms with Gasteiger partial charge in [0.05, 0.1) is 0 Å². The van der Waals surface area contributed by atoms with Crippen LogP contribution in [-0.2, 0) is 6.42 Å². The summed E-state index contributed by atoms with van der Waals surface area (Å²) in [6, 6.07) is 7.45. The molecule has 0 aliphatic carbocycles. The lowest BCUT2D eigenvalue weighted by Gasteiger charge is -2.17. The van der Waals surface area contributed by atoms with Crippen LogP contribution in [0, 0.1) is 0 Å². The number of carbonyl (C=O) groups is 1. The summed E-state index contributed by atoms with van der Waals surface area (Å²) in [6.45, 7) is 0.802. The van der Waals surface area contributed by atoms with E-state index in [1.807, 2.05) is 18.2 Å². The number of primary amides is 1. The van der Waals surface area contributed by atoms with Crippen molar-refractivity contribution in [2.24, 2.45) is 5.73 Å². The fourth-order valence-corrected chi connectivity index (χ4v) is 2.35. The standard InChI is InChI=1S/C13H12N4O/c14-13(18)10-2-1-3-11-9(10)5-7-17(11)12-4-6-15-8-16-12/h1-4,6,8H,5,7H2,(H2,14,18). The molecule has 0 unspecified atom stereocenters. The van der Waals surface area contributed by atoms with Gasteiger partial charge in [-0.25, -0.2) is 9.97 Å². The van der Waals surface area contributed by atoms with Crippen LogP contribution in [0.15, 0.2) is 36.8 Å². The Morgan fingerprint density at radius 2 is 2.22 bits per heavy atom. The predicted molar refractivity (Wildman–Crippen MR) is 67.7 cm³/mol. The number of fused-ring (bicyclic) bond motifs is 1. The summed E-state index contributed by atoms with van der Waals surface area (Å²) < 4.78 is 0. The number of rotatable bonds is 2. The second kappa shape index (κ2) is 4.10. The molecule has 1 amide bonds. The summed E-state index contributed by atoms with van der Waals surface area (Å²) in [7, 11) is 0. The topological polar surface area (TPSA) is 72.1 Å².